The molecule has 0 unspecified atom stereocenters. The van der Waals surface area contributed by atoms with E-state index in [4.69, 9.17) is 21.9 Å². The van der Waals surface area contributed by atoms with Crippen LogP contribution in [-0.2, 0) is 4.74 Å². The van der Waals surface area contributed by atoms with E-state index in [1.165, 1.54) is 0 Å². The smallest absolute Gasteiger partial charge is 0.408 e. The molecule has 0 spiro atoms. The Morgan fingerprint density at radius 3 is 1.88 bits per heavy atom. The number of hydrogen-bond acceptors (Lipinski definition) is 5. The lowest BCUT2D eigenvalue weighted by molar-refractivity contribution is 0.0449. The summed E-state index contributed by atoms with van der Waals surface area (Å²) in [5.41, 5.74) is 15.7. The number of ether oxygens (including phenoxy) is 1. The summed E-state index contributed by atoms with van der Waals surface area (Å²) in [6.45, 7) is 6.59. The van der Waals surface area contributed by atoms with Gasteiger partial charge < -0.3 is 27.3 Å². The van der Waals surface area contributed by atoms with Crippen molar-refractivity contribution in [2.45, 2.75) is 44.8 Å². The molecule has 0 aliphatic carbocycles. The van der Waals surface area contributed by atoms with Gasteiger partial charge in [0.05, 0.1) is 5.54 Å². The number of amides is 1. The minimum atomic E-state index is -0.564. The highest BCUT2D eigenvalue weighted by molar-refractivity contribution is 5.68. The van der Waals surface area contributed by atoms with Crippen LogP contribution >= 0.6 is 0 Å². The molecular formula is C11H26N4O2. The quantitative estimate of drug-likeness (QED) is 0.522. The number of rotatable bonds is 6. The topological polar surface area (TPSA) is 116 Å². The Labute approximate surface area is 103 Å². The molecule has 0 heterocycles. The van der Waals surface area contributed by atoms with Crippen molar-refractivity contribution in [1.29, 1.82) is 0 Å². The van der Waals surface area contributed by atoms with E-state index in [1.54, 1.807) is 0 Å². The summed E-state index contributed by atoms with van der Waals surface area (Å²) < 4.78 is 5.20. The maximum absolute atomic E-state index is 11.7. The van der Waals surface area contributed by atoms with Gasteiger partial charge in [0.25, 0.3) is 0 Å². The first-order valence-corrected chi connectivity index (χ1v) is 5.90. The van der Waals surface area contributed by atoms with Crippen molar-refractivity contribution >= 4 is 6.09 Å². The van der Waals surface area contributed by atoms with Gasteiger partial charge in [-0.2, -0.15) is 0 Å². The van der Waals surface area contributed by atoms with Crippen LogP contribution in [0.25, 0.3) is 0 Å². The van der Waals surface area contributed by atoms with E-state index in [9.17, 15) is 4.79 Å². The molecule has 17 heavy (non-hydrogen) atoms. The molecule has 0 aromatic rings. The van der Waals surface area contributed by atoms with Gasteiger partial charge in [-0.05, 0) is 46.7 Å². The van der Waals surface area contributed by atoms with E-state index in [2.05, 4.69) is 5.32 Å². The lowest BCUT2D eigenvalue weighted by atomic mass is 9.91. The van der Waals surface area contributed by atoms with Gasteiger partial charge in [0, 0.05) is 6.54 Å². The molecule has 102 valence electrons. The summed E-state index contributed by atoms with van der Waals surface area (Å²) in [4.78, 5) is 11.7. The number of alkyl carbamates (subject to hydrolysis) is 1. The molecule has 0 fully saturated rings. The number of carbonyl (C=O) groups excluding carboxylic acids is 1. The zero-order valence-electron chi connectivity index (χ0n) is 11.1. The predicted octanol–water partition coefficient (Wildman–Crippen LogP) is -0.0938. The standard InChI is InChI=1S/C11H26N4O2/c1-10(2,3)17-9(16)15-11(8-14,4-6-12)5-7-13/h4-8,12-14H2,1-3H3,(H,15,16). The van der Waals surface area contributed by atoms with Gasteiger partial charge in [-0.1, -0.05) is 0 Å². The molecule has 0 saturated heterocycles. The van der Waals surface area contributed by atoms with Crippen molar-refractivity contribution in [2.24, 2.45) is 17.2 Å². The molecule has 0 aromatic carbocycles. The van der Waals surface area contributed by atoms with Crippen LogP contribution in [0.2, 0.25) is 0 Å². The molecule has 6 nitrogen and oxygen atoms in total. The van der Waals surface area contributed by atoms with Crippen LogP contribution in [0.15, 0.2) is 0 Å². The Balaban J connectivity index is 4.56. The SMILES string of the molecule is CC(C)(C)OC(=O)NC(CN)(CCN)CCN. The minimum absolute atomic E-state index is 0.292. The fourth-order valence-electron chi connectivity index (χ4n) is 1.58. The Hall–Kier alpha value is -0.850. The maximum Gasteiger partial charge on any atom is 0.408 e. The zero-order valence-corrected chi connectivity index (χ0v) is 11.1. The van der Waals surface area contributed by atoms with Gasteiger partial charge in [-0.25, -0.2) is 4.79 Å². The molecule has 0 rings (SSSR count). The van der Waals surface area contributed by atoms with Crippen LogP contribution in [0.5, 0.6) is 0 Å². The number of nitrogens with two attached hydrogens (primary N) is 3. The van der Waals surface area contributed by atoms with E-state index in [-0.39, 0.29) is 0 Å². The summed E-state index contributed by atoms with van der Waals surface area (Å²) >= 11 is 0. The fraction of sp³-hybridized carbons (Fsp3) is 0.909. The lowest BCUT2D eigenvalue weighted by Gasteiger charge is -2.34. The van der Waals surface area contributed by atoms with Crippen LogP contribution < -0.4 is 22.5 Å². The molecule has 0 aliphatic rings. The van der Waals surface area contributed by atoms with Gasteiger partial charge in [-0.15, -0.1) is 0 Å². The van der Waals surface area contributed by atoms with Crippen molar-refractivity contribution in [1.82, 2.24) is 5.32 Å². The average molecular weight is 246 g/mol. The van der Waals surface area contributed by atoms with Crippen LogP contribution in [-0.4, -0.2) is 36.9 Å². The van der Waals surface area contributed by atoms with E-state index in [1.807, 2.05) is 20.8 Å². The Morgan fingerprint density at radius 2 is 1.59 bits per heavy atom. The second-order valence-electron chi connectivity index (χ2n) is 5.19. The monoisotopic (exact) mass is 246 g/mol. The summed E-state index contributed by atoms with van der Waals surface area (Å²) in [6, 6.07) is 0. The fourth-order valence-corrected chi connectivity index (χ4v) is 1.58. The Kier molecular flexibility index (Phi) is 6.44. The highest BCUT2D eigenvalue weighted by atomic mass is 16.6. The van der Waals surface area contributed by atoms with Crippen molar-refractivity contribution in [2.75, 3.05) is 19.6 Å². The van der Waals surface area contributed by atoms with Crippen molar-refractivity contribution in [3.63, 3.8) is 0 Å². The third-order valence-electron chi connectivity index (χ3n) is 2.40. The van der Waals surface area contributed by atoms with Gasteiger partial charge in [0.1, 0.15) is 5.60 Å². The number of nitrogens with one attached hydrogen (secondary N) is 1. The number of carbonyl (C=O) groups is 1. The number of hydrogen-bond donors (Lipinski definition) is 4. The normalized spacial score (nSPS) is 12.4. The van der Waals surface area contributed by atoms with E-state index >= 15 is 0 Å². The molecule has 0 bridgehead atoms. The first-order chi connectivity index (χ1) is 7.78. The third-order valence-corrected chi connectivity index (χ3v) is 2.40. The van der Waals surface area contributed by atoms with Crippen LogP contribution in [0.3, 0.4) is 0 Å². The maximum atomic E-state index is 11.7. The Morgan fingerprint density at radius 1 is 1.12 bits per heavy atom. The highest BCUT2D eigenvalue weighted by Crippen LogP contribution is 2.15. The van der Waals surface area contributed by atoms with Crippen LogP contribution in [0.1, 0.15) is 33.6 Å². The molecule has 0 radical (unpaired) electrons. The van der Waals surface area contributed by atoms with E-state index in [0.29, 0.717) is 32.5 Å². The first kappa shape index (κ1) is 16.1. The molecule has 1 amide bonds. The lowest BCUT2D eigenvalue weighted by Crippen LogP contribution is -2.56. The molecule has 7 N–H and O–H groups in total. The minimum Gasteiger partial charge on any atom is -0.444 e. The van der Waals surface area contributed by atoms with Gasteiger partial charge >= 0.3 is 6.09 Å². The second kappa shape index (κ2) is 6.78. The third kappa shape index (κ3) is 6.45. The van der Waals surface area contributed by atoms with Crippen molar-refractivity contribution < 1.29 is 9.53 Å². The molecule has 0 atom stereocenters. The molecular weight excluding hydrogens is 220 g/mol. The molecule has 0 saturated carbocycles. The predicted molar refractivity (Wildman–Crippen MR) is 68.5 cm³/mol. The second-order valence-corrected chi connectivity index (χ2v) is 5.19. The summed E-state index contributed by atoms with van der Waals surface area (Å²) in [5.74, 6) is 0. The zero-order chi connectivity index (χ0) is 13.5. The summed E-state index contributed by atoms with van der Waals surface area (Å²) in [5, 5.41) is 2.79. The van der Waals surface area contributed by atoms with Gasteiger partial charge in [0.15, 0.2) is 0 Å². The van der Waals surface area contributed by atoms with E-state index < -0.39 is 17.2 Å². The summed E-state index contributed by atoms with van der Waals surface area (Å²) in [7, 11) is 0. The van der Waals surface area contributed by atoms with Gasteiger partial charge in [0.2, 0.25) is 0 Å². The molecule has 6 heteroatoms. The van der Waals surface area contributed by atoms with Crippen molar-refractivity contribution in [3.05, 3.63) is 0 Å². The van der Waals surface area contributed by atoms with Crippen molar-refractivity contribution in [3.8, 4) is 0 Å². The summed E-state index contributed by atoms with van der Waals surface area (Å²) in [6.07, 6.45) is 0.685. The van der Waals surface area contributed by atoms with Gasteiger partial charge in [-0.3, -0.25) is 0 Å². The largest absolute Gasteiger partial charge is 0.444 e. The van der Waals surface area contributed by atoms with Crippen LogP contribution in [0, 0.1) is 0 Å². The van der Waals surface area contributed by atoms with E-state index in [0.717, 1.165) is 0 Å². The molecule has 0 aliphatic heterocycles. The first-order valence-electron chi connectivity index (χ1n) is 5.90. The average Bonchev–Trinajstić information content (AvgIpc) is 2.15. The Bertz CT molecular complexity index is 232. The van der Waals surface area contributed by atoms with Crippen LogP contribution in [0.4, 0.5) is 4.79 Å². The highest BCUT2D eigenvalue weighted by Gasteiger charge is 2.30. The molecule has 0 aromatic heterocycles.